The van der Waals surface area contributed by atoms with Gasteiger partial charge in [-0.25, -0.2) is 9.59 Å². The molecule has 0 aliphatic carbocycles. The fraction of sp³-hybridized carbons (Fsp3) is 0.429. The summed E-state index contributed by atoms with van der Waals surface area (Å²) >= 11 is 0. The number of hydrogen-bond donors (Lipinski definition) is 1. The van der Waals surface area contributed by atoms with Crippen LogP contribution in [0.25, 0.3) is 11.0 Å². The van der Waals surface area contributed by atoms with Crippen molar-refractivity contribution in [3.8, 4) is 11.8 Å². The van der Waals surface area contributed by atoms with Crippen molar-refractivity contribution in [2.75, 3.05) is 45.9 Å². The summed E-state index contributed by atoms with van der Waals surface area (Å²) in [5.41, 5.74) is 0.236. The van der Waals surface area contributed by atoms with Crippen LogP contribution in [0.5, 0.6) is 0 Å². The average Bonchev–Trinajstić information content (AvgIpc) is 2.74. The molecule has 0 saturated carbocycles. The molecule has 31 heavy (non-hydrogen) atoms. The van der Waals surface area contributed by atoms with Crippen molar-refractivity contribution in [2.45, 2.75) is 13.8 Å². The molecule has 10 heteroatoms. The average molecular weight is 448 g/mol. The zero-order valence-electron chi connectivity index (χ0n) is 17.5. The Balaban J connectivity index is 1.76. The molecule has 9 nitrogen and oxygen atoms in total. The first-order valence-corrected chi connectivity index (χ1v) is 11.6. The van der Waals surface area contributed by atoms with E-state index in [0.717, 1.165) is 0 Å². The molecule has 1 aliphatic rings. The molecular weight excluding hydrogens is 423 g/mol. The van der Waals surface area contributed by atoms with Gasteiger partial charge in [0.05, 0.1) is 19.8 Å². The summed E-state index contributed by atoms with van der Waals surface area (Å²) in [7, 11) is -3.75. The van der Waals surface area contributed by atoms with Crippen LogP contribution in [-0.2, 0) is 13.6 Å². The maximum atomic E-state index is 12.9. The Labute approximate surface area is 180 Å². The number of nitrogens with zero attached hydrogens (tertiary/aromatic N) is 2. The third-order valence-electron chi connectivity index (χ3n) is 4.79. The van der Waals surface area contributed by atoms with Crippen molar-refractivity contribution in [1.82, 2.24) is 9.80 Å². The Morgan fingerprint density at radius 2 is 1.84 bits per heavy atom. The lowest BCUT2D eigenvalue weighted by molar-refractivity contribution is 0.111. The molecule has 1 amide bonds. The van der Waals surface area contributed by atoms with Crippen LogP contribution in [0.1, 0.15) is 19.4 Å². The van der Waals surface area contributed by atoms with E-state index in [1.165, 1.54) is 11.0 Å². The van der Waals surface area contributed by atoms with Crippen LogP contribution < -0.4 is 10.9 Å². The smallest absolute Gasteiger partial charge is 0.407 e. The number of fused-ring (bicyclic) bond motifs is 1. The minimum atomic E-state index is -3.75. The van der Waals surface area contributed by atoms with E-state index in [1.54, 1.807) is 32.0 Å². The van der Waals surface area contributed by atoms with Crippen molar-refractivity contribution in [3.05, 3.63) is 40.2 Å². The molecule has 0 bridgehead atoms. The highest BCUT2D eigenvalue weighted by Crippen LogP contribution is 2.46. The first-order chi connectivity index (χ1) is 14.9. The predicted molar refractivity (Wildman–Crippen MR) is 116 cm³/mol. The second kappa shape index (κ2) is 10.1. The van der Waals surface area contributed by atoms with Gasteiger partial charge in [-0.05, 0) is 38.1 Å². The van der Waals surface area contributed by atoms with Crippen LogP contribution in [0.4, 0.5) is 4.79 Å². The van der Waals surface area contributed by atoms with Gasteiger partial charge in [-0.2, -0.15) is 0 Å². The van der Waals surface area contributed by atoms with Crippen molar-refractivity contribution in [3.63, 3.8) is 0 Å². The van der Waals surface area contributed by atoms with Gasteiger partial charge in [-0.15, -0.1) is 0 Å². The number of benzene rings is 1. The lowest BCUT2D eigenvalue weighted by Gasteiger charge is -2.31. The summed E-state index contributed by atoms with van der Waals surface area (Å²) in [5.74, 6) is 6.10. The maximum Gasteiger partial charge on any atom is 0.407 e. The molecule has 1 aromatic heterocycles. The van der Waals surface area contributed by atoms with Gasteiger partial charge in [-0.1, -0.05) is 11.8 Å². The van der Waals surface area contributed by atoms with Gasteiger partial charge in [-0.3, -0.25) is 9.46 Å². The summed E-state index contributed by atoms with van der Waals surface area (Å²) in [6, 6.07) is 6.65. The Kier molecular flexibility index (Phi) is 7.52. The van der Waals surface area contributed by atoms with Crippen molar-refractivity contribution < 1.29 is 27.9 Å². The summed E-state index contributed by atoms with van der Waals surface area (Å²) in [4.78, 5) is 26.9. The number of carbonyl (C=O) groups is 1. The zero-order chi connectivity index (χ0) is 22.4. The first-order valence-electron chi connectivity index (χ1n) is 10.0. The lowest BCUT2D eigenvalue weighted by Crippen LogP contribution is -2.48. The van der Waals surface area contributed by atoms with Gasteiger partial charge in [0, 0.05) is 37.1 Å². The highest BCUT2D eigenvalue weighted by Gasteiger charge is 2.31. The second-order valence-corrected chi connectivity index (χ2v) is 8.85. The Hall–Kier alpha value is -2.63. The molecule has 0 unspecified atom stereocenters. The van der Waals surface area contributed by atoms with E-state index in [9.17, 15) is 14.2 Å². The summed E-state index contributed by atoms with van der Waals surface area (Å²) in [5, 5.41) is 9.45. The summed E-state index contributed by atoms with van der Waals surface area (Å²) in [6.45, 7) is 6.33. The predicted octanol–water partition coefficient (Wildman–Crippen LogP) is 2.33. The Bertz CT molecular complexity index is 1100. The second-order valence-electron chi connectivity index (χ2n) is 6.85. The molecule has 2 aromatic rings. The van der Waals surface area contributed by atoms with Gasteiger partial charge in [0.25, 0.3) is 0 Å². The SMILES string of the molecule is CCOP(=O)(OCC)c1cc2ccc(C#CCN3CCN(C(=O)O)CC3)cc2oc1=O. The van der Waals surface area contributed by atoms with Crippen LogP contribution in [0.2, 0.25) is 0 Å². The molecule has 1 N–H and O–H groups in total. The molecule has 1 aromatic carbocycles. The van der Waals surface area contributed by atoms with E-state index in [4.69, 9.17) is 18.6 Å². The van der Waals surface area contributed by atoms with Crippen LogP contribution in [-0.4, -0.2) is 66.9 Å². The molecule has 166 valence electrons. The van der Waals surface area contributed by atoms with Crippen molar-refractivity contribution >= 4 is 30.0 Å². The van der Waals surface area contributed by atoms with Crippen molar-refractivity contribution in [1.29, 1.82) is 0 Å². The van der Waals surface area contributed by atoms with Gasteiger partial charge >= 0.3 is 19.3 Å². The Morgan fingerprint density at radius 1 is 1.16 bits per heavy atom. The summed E-state index contributed by atoms with van der Waals surface area (Å²) in [6.07, 6.45) is -0.898. The van der Waals surface area contributed by atoms with E-state index in [1.807, 2.05) is 0 Å². The highest BCUT2D eigenvalue weighted by molar-refractivity contribution is 7.62. The quantitative estimate of drug-likeness (QED) is 0.407. The van der Waals surface area contributed by atoms with E-state index < -0.39 is 19.3 Å². The summed E-state index contributed by atoms with van der Waals surface area (Å²) < 4.78 is 28.8. The zero-order valence-corrected chi connectivity index (χ0v) is 18.4. The van der Waals surface area contributed by atoms with Gasteiger partial charge in [0.2, 0.25) is 0 Å². The van der Waals surface area contributed by atoms with Crippen LogP contribution in [0, 0.1) is 11.8 Å². The van der Waals surface area contributed by atoms with E-state index in [2.05, 4.69) is 16.7 Å². The monoisotopic (exact) mass is 448 g/mol. The number of amides is 1. The fourth-order valence-electron chi connectivity index (χ4n) is 3.24. The molecule has 3 rings (SSSR count). The van der Waals surface area contributed by atoms with Crippen molar-refractivity contribution in [2.24, 2.45) is 0 Å². The topological polar surface area (TPSA) is 110 Å². The lowest BCUT2D eigenvalue weighted by atomic mass is 10.1. The normalized spacial score (nSPS) is 15.0. The van der Waals surface area contributed by atoms with E-state index in [0.29, 0.717) is 49.3 Å². The molecule has 2 heterocycles. The van der Waals surface area contributed by atoms with Gasteiger partial charge in [0.15, 0.2) is 5.30 Å². The number of rotatable bonds is 6. The molecule has 0 spiro atoms. The highest BCUT2D eigenvalue weighted by atomic mass is 31.2. The third-order valence-corrected chi connectivity index (χ3v) is 6.89. The van der Waals surface area contributed by atoms with Crippen LogP contribution in [0.3, 0.4) is 0 Å². The molecule has 1 aliphatic heterocycles. The van der Waals surface area contributed by atoms with Gasteiger partial charge < -0.3 is 23.5 Å². The minimum Gasteiger partial charge on any atom is -0.465 e. The first kappa shape index (κ1) is 23.0. The van der Waals surface area contributed by atoms with E-state index >= 15 is 0 Å². The van der Waals surface area contributed by atoms with Crippen LogP contribution in [0.15, 0.2) is 33.5 Å². The molecule has 1 fully saturated rings. The minimum absolute atomic E-state index is 0.122. The third kappa shape index (κ3) is 5.54. The number of carboxylic acid groups (broad SMARTS) is 1. The van der Waals surface area contributed by atoms with Gasteiger partial charge in [0.1, 0.15) is 5.58 Å². The molecule has 0 atom stereocenters. The standard InChI is InChI=1S/C21H25N2O7P/c1-3-28-31(27,29-4-2)19-15-17-8-7-16(14-18(17)30-20(19)24)6-5-9-22-10-12-23(13-11-22)21(25)26/h7-8,14-15H,3-4,9-13H2,1-2H3,(H,25,26). The number of hydrogen-bond acceptors (Lipinski definition) is 7. The fourth-order valence-corrected chi connectivity index (χ4v) is 4.83. The largest absolute Gasteiger partial charge is 0.465 e. The van der Waals surface area contributed by atoms with E-state index in [-0.39, 0.29) is 18.5 Å². The van der Waals surface area contributed by atoms with Crippen LogP contribution >= 0.6 is 7.60 Å². The molecule has 0 radical (unpaired) electrons. The maximum absolute atomic E-state index is 12.9. The Morgan fingerprint density at radius 3 is 2.45 bits per heavy atom. The molecule has 1 saturated heterocycles. The number of piperazine rings is 1. The molecular formula is C21H25N2O7P.